The molecule has 4 nitrogen and oxygen atoms in total. The predicted molar refractivity (Wildman–Crippen MR) is 86.2 cm³/mol. The lowest BCUT2D eigenvalue weighted by Gasteiger charge is -2.14. The van der Waals surface area contributed by atoms with Crippen molar-refractivity contribution in [3.05, 3.63) is 42.7 Å². The van der Waals surface area contributed by atoms with Gasteiger partial charge in [0.25, 0.3) is 0 Å². The van der Waals surface area contributed by atoms with Crippen LogP contribution >= 0.6 is 0 Å². The molecule has 0 aliphatic carbocycles. The Balaban J connectivity index is 1.46. The molecule has 2 aromatic rings. The van der Waals surface area contributed by atoms with Gasteiger partial charge in [-0.3, -0.25) is 4.98 Å². The Morgan fingerprint density at radius 1 is 1.05 bits per heavy atom. The first-order valence-corrected chi connectivity index (χ1v) is 7.75. The molecular formula is C17H22N4. The summed E-state index contributed by atoms with van der Waals surface area (Å²) >= 11 is 0. The molecule has 0 bridgehead atoms. The van der Waals surface area contributed by atoms with Gasteiger partial charge in [0.05, 0.1) is 5.69 Å². The van der Waals surface area contributed by atoms with E-state index in [1.165, 1.54) is 38.9 Å². The first-order valence-electron chi connectivity index (χ1n) is 7.75. The maximum atomic E-state index is 4.46. The van der Waals surface area contributed by atoms with Crippen molar-refractivity contribution in [2.24, 2.45) is 0 Å². The first-order chi connectivity index (χ1) is 10.4. The van der Waals surface area contributed by atoms with E-state index < -0.39 is 0 Å². The van der Waals surface area contributed by atoms with Gasteiger partial charge in [-0.1, -0.05) is 6.07 Å². The SMILES string of the molecule is c1ccc(-c2ccc(NCCCN3CCCC3)nc2)nc1. The number of pyridine rings is 2. The van der Waals surface area contributed by atoms with Gasteiger partial charge in [-0.15, -0.1) is 0 Å². The van der Waals surface area contributed by atoms with Gasteiger partial charge in [-0.2, -0.15) is 0 Å². The highest BCUT2D eigenvalue weighted by Gasteiger charge is 2.10. The molecule has 3 rings (SSSR count). The maximum Gasteiger partial charge on any atom is 0.125 e. The molecule has 0 spiro atoms. The molecule has 0 unspecified atom stereocenters. The number of hydrogen-bond donors (Lipinski definition) is 1. The molecule has 1 aliphatic heterocycles. The summed E-state index contributed by atoms with van der Waals surface area (Å²) in [4.78, 5) is 11.3. The lowest BCUT2D eigenvalue weighted by atomic mass is 10.2. The zero-order chi connectivity index (χ0) is 14.3. The van der Waals surface area contributed by atoms with Gasteiger partial charge in [0, 0.05) is 24.5 Å². The van der Waals surface area contributed by atoms with Crippen LogP contribution in [0.4, 0.5) is 5.82 Å². The highest BCUT2D eigenvalue weighted by atomic mass is 15.1. The fraction of sp³-hybridized carbons (Fsp3) is 0.412. The summed E-state index contributed by atoms with van der Waals surface area (Å²) in [5.74, 6) is 0.941. The van der Waals surface area contributed by atoms with Crippen molar-refractivity contribution in [3.63, 3.8) is 0 Å². The van der Waals surface area contributed by atoms with E-state index in [-0.39, 0.29) is 0 Å². The van der Waals surface area contributed by atoms with E-state index in [4.69, 9.17) is 0 Å². The molecule has 0 atom stereocenters. The summed E-state index contributed by atoms with van der Waals surface area (Å²) in [7, 11) is 0. The second kappa shape index (κ2) is 7.18. The molecule has 1 saturated heterocycles. The van der Waals surface area contributed by atoms with Crippen LogP contribution in [0.5, 0.6) is 0 Å². The van der Waals surface area contributed by atoms with Crippen LogP contribution in [0.2, 0.25) is 0 Å². The Morgan fingerprint density at radius 2 is 1.95 bits per heavy atom. The zero-order valence-electron chi connectivity index (χ0n) is 12.3. The lowest BCUT2D eigenvalue weighted by Crippen LogP contribution is -2.22. The van der Waals surface area contributed by atoms with Crippen LogP contribution in [-0.4, -0.2) is 41.0 Å². The third-order valence-electron chi connectivity index (χ3n) is 3.88. The van der Waals surface area contributed by atoms with Crippen LogP contribution in [-0.2, 0) is 0 Å². The second-order valence-electron chi connectivity index (χ2n) is 5.48. The summed E-state index contributed by atoms with van der Waals surface area (Å²) in [6.45, 7) is 4.72. The van der Waals surface area contributed by atoms with Crippen molar-refractivity contribution in [2.75, 3.05) is 31.5 Å². The van der Waals surface area contributed by atoms with Crippen molar-refractivity contribution >= 4 is 5.82 Å². The minimum atomic E-state index is 0.941. The first kappa shape index (κ1) is 14.0. The Kier molecular flexibility index (Phi) is 4.79. The molecule has 4 heteroatoms. The smallest absolute Gasteiger partial charge is 0.125 e. The molecule has 1 fully saturated rings. The van der Waals surface area contributed by atoms with Crippen LogP contribution < -0.4 is 5.32 Å². The fourth-order valence-corrected chi connectivity index (χ4v) is 2.71. The van der Waals surface area contributed by atoms with Crippen molar-refractivity contribution < 1.29 is 0 Å². The summed E-state index contributed by atoms with van der Waals surface area (Å²) in [6.07, 6.45) is 7.59. The minimum absolute atomic E-state index is 0.941. The third-order valence-corrected chi connectivity index (χ3v) is 3.88. The Hall–Kier alpha value is -1.94. The van der Waals surface area contributed by atoms with Gasteiger partial charge in [-0.25, -0.2) is 4.98 Å². The van der Waals surface area contributed by atoms with Crippen LogP contribution in [0.1, 0.15) is 19.3 Å². The van der Waals surface area contributed by atoms with Gasteiger partial charge in [0.2, 0.25) is 0 Å². The van der Waals surface area contributed by atoms with Gasteiger partial charge < -0.3 is 10.2 Å². The third kappa shape index (κ3) is 4.02. The number of nitrogens with one attached hydrogen (secondary N) is 1. The second-order valence-corrected chi connectivity index (χ2v) is 5.48. The standard InChI is InChI=1S/C17H22N4/c1-2-9-18-16(6-1)15-7-8-17(20-14-15)19-10-5-13-21-11-3-4-12-21/h1-2,6-9,14H,3-5,10-13H2,(H,19,20). The fourth-order valence-electron chi connectivity index (χ4n) is 2.71. The summed E-state index contributed by atoms with van der Waals surface area (Å²) in [5.41, 5.74) is 2.02. The summed E-state index contributed by atoms with van der Waals surface area (Å²) in [6, 6.07) is 10.0. The number of likely N-dealkylation sites (tertiary alicyclic amines) is 1. The molecular weight excluding hydrogens is 260 g/mol. The topological polar surface area (TPSA) is 41.0 Å². The predicted octanol–water partition coefficient (Wildman–Crippen LogP) is 3.04. The normalized spacial score (nSPS) is 15.2. The molecule has 3 heterocycles. The molecule has 0 saturated carbocycles. The summed E-state index contributed by atoms with van der Waals surface area (Å²) < 4.78 is 0. The van der Waals surface area contributed by atoms with Gasteiger partial charge in [-0.05, 0) is 63.2 Å². The largest absolute Gasteiger partial charge is 0.370 e. The average Bonchev–Trinajstić information content (AvgIpc) is 3.06. The van der Waals surface area contributed by atoms with Crippen LogP contribution in [0.25, 0.3) is 11.3 Å². The number of anilines is 1. The van der Waals surface area contributed by atoms with Gasteiger partial charge in [0.15, 0.2) is 0 Å². The molecule has 0 radical (unpaired) electrons. The highest BCUT2D eigenvalue weighted by Crippen LogP contribution is 2.16. The van der Waals surface area contributed by atoms with E-state index in [2.05, 4.69) is 26.3 Å². The van der Waals surface area contributed by atoms with Gasteiger partial charge in [0.1, 0.15) is 5.82 Å². The van der Waals surface area contributed by atoms with E-state index in [9.17, 15) is 0 Å². The van der Waals surface area contributed by atoms with Crippen LogP contribution in [0.3, 0.4) is 0 Å². The zero-order valence-corrected chi connectivity index (χ0v) is 12.3. The molecule has 1 N–H and O–H groups in total. The Bertz CT molecular complexity index is 532. The summed E-state index contributed by atoms with van der Waals surface area (Å²) in [5, 5.41) is 3.39. The van der Waals surface area contributed by atoms with E-state index in [1.54, 1.807) is 6.20 Å². The van der Waals surface area contributed by atoms with Crippen LogP contribution in [0.15, 0.2) is 42.7 Å². The van der Waals surface area contributed by atoms with Crippen molar-refractivity contribution in [3.8, 4) is 11.3 Å². The van der Waals surface area contributed by atoms with E-state index in [0.717, 1.165) is 23.6 Å². The lowest BCUT2D eigenvalue weighted by molar-refractivity contribution is 0.337. The van der Waals surface area contributed by atoms with Crippen molar-refractivity contribution in [1.29, 1.82) is 0 Å². The average molecular weight is 282 g/mol. The number of nitrogens with zero attached hydrogens (tertiary/aromatic N) is 3. The van der Waals surface area contributed by atoms with Gasteiger partial charge >= 0.3 is 0 Å². The highest BCUT2D eigenvalue weighted by molar-refractivity contribution is 5.59. The van der Waals surface area contributed by atoms with Crippen LogP contribution in [0, 0.1) is 0 Å². The Labute approximate surface area is 126 Å². The molecule has 0 aromatic carbocycles. The van der Waals surface area contributed by atoms with E-state index in [0.29, 0.717) is 0 Å². The number of hydrogen-bond acceptors (Lipinski definition) is 4. The number of rotatable bonds is 6. The van der Waals surface area contributed by atoms with Crippen molar-refractivity contribution in [2.45, 2.75) is 19.3 Å². The molecule has 110 valence electrons. The quantitative estimate of drug-likeness (QED) is 0.827. The maximum absolute atomic E-state index is 4.46. The van der Waals surface area contributed by atoms with E-state index in [1.807, 2.05) is 30.5 Å². The minimum Gasteiger partial charge on any atom is -0.370 e. The molecule has 1 aliphatic rings. The van der Waals surface area contributed by atoms with Crippen molar-refractivity contribution in [1.82, 2.24) is 14.9 Å². The molecule has 0 amide bonds. The Morgan fingerprint density at radius 3 is 2.67 bits per heavy atom. The molecule has 2 aromatic heterocycles. The number of aromatic nitrogens is 2. The molecule has 21 heavy (non-hydrogen) atoms. The van der Waals surface area contributed by atoms with E-state index >= 15 is 0 Å². The monoisotopic (exact) mass is 282 g/mol.